The second-order valence-corrected chi connectivity index (χ2v) is 4.69. The Morgan fingerprint density at radius 3 is 2.81 bits per heavy atom. The monoisotopic (exact) mass is 219 g/mol. The van der Waals surface area contributed by atoms with Gasteiger partial charge in [-0.3, -0.25) is 5.43 Å². The summed E-state index contributed by atoms with van der Waals surface area (Å²) in [6.07, 6.45) is 0. The van der Waals surface area contributed by atoms with E-state index in [1.165, 1.54) is 11.1 Å². The van der Waals surface area contributed by atoms with E-state index in [-0.39, 0.29) is 0 Å². The molecule has 3 unspecified atom stereocenters. The molecule has 0 aromatic heterocycles. The summed E-state index contributed by atoms with van der Waals surface area (Å²) in [5, 5.41) is 3.27. The topological polar surface area (TPSA) is 36.1 Å². The first-order valence-corrected chi connectivity index (χ1v) is 5.94. The maximum Gasteiger partial charge on any atom is 0.0518 e. The second-order valence-electron chi connectivity index (χ2n) is 4.69. The first-order valence-electron chi connectivity index (χ1n) is 5.94. The van der Waals surface area contributed by atoms with Crippen LogP contribution in [0.5, 0.6) is 0 Å². The summed E-state index contributed by atoms with van der Waals surface area (Å²) in [5.74, 6) is 0.590. The van der Waals surface area contributed by atoms with Crippen LogP contribution in [0.1, 0.15) is 24.1 Å². The SMILES string of the molecule is CNCC1C(C)NNC1c1cccc(C)c1. The summed E-state index contributed by atoms with van der Waals surface area (Å²) in [6.45, 7) is 5.40. The molecule has 1 aromatic carbocycles. The van der Waals surface area contributed by atoms with Gasteiger partial charge < -0.3 is 5.32 Å². The van der Waals surface area contributed by atoms with Crippen LogP contribution < -0.4 is 16.2 Å². The van der Waals surface area contributed by atoms with Crippen molar-refractivity contribution in [3.05, 3.63) is 35.4 Å². The molecule has 3 atom stereocenters. The molecule has 88 valence electrons. The third kappa shape index (κ3) is 2.26. The second kappa shape index (κ2) is 4.95. The van der Waals surface area contributed by atoms with E-state index in [9.17, 15) is 0 Å². The predicted octanol–water partition coefficient (Wildman–Crippen LogP) is 1.37. The number of hydrogen-bond acceptors (Lipinski definition) is 3. The van der Waals surface area contributed by atoms with E-state index in [0.29, 0.717) is 18.0 Å². The van der Waals surface area contributed by atoms with Crippen LogP contribution >= 0.6 is 0 Å². The first-order chi connectivity index (χ1) is 7.72. The molecular weight excluding hydrogens is 198 g/mol. The molecule has 1 aliphatic heterocycles. The Morgan fingerprint density at radius 1 is 1.31 bits per heavy atom. The van der Waals surface area contributed by atoms with Gasteiger partial charge in [-0.25, -0.2) is 5.43 Å². The lowest BCUT2D eigenvalue weighted by atomic mass is 9.89. The average Bonchev–Trinajstić information content (AvgIpc) is 2.61. The van der Waals surface area contributed by atoms with Gasteiger partial charge in [0.15, 0.2) is 0 Å². The molecule has 16 heavy (non-hydrogen) atoms. The third-order valence-electron chi connectivity index (χ3n) is 3.38. The summed E-state index contributed by atoms with van der Waals surface area (Å²) >= 11 is 0. The van der Waals surface area contributed by atoms with Gasteiger partial charge in [0.1, 0.15) is 0 Å². The fourth-order valence-electron chi connectivity index (χ4n) is 2.45. The summed E-state index contributed by atoms with van der Waals surface area (Å²) in [6, 6.07) is 9.64. The van der Waals surface area contributed by atoms with Crippen molar-refractivity contribution in [1.82, 2.24) is 16.2 Å². The standard InChI is InChI=1S/C13H21N3/c1-9-5-4-6-11(7-9)13-12(8-14-3)10(2)15-16-13/h4-7,10,12-16H,8H2,1-3H3. The summed E-state index contributed by atoms with van der Waals surface area (Å²) in [5.41, 5.74) is 9.42. The lowest BCUT2D eigenvalue weighted by Gasteiger charge is -2.21. The minimum atomic E-state index is 0.405. The van der Waals surface area contributed by atoms with Crippen LogP contribution in [0.3, 0.4) is 0 Å². The van der Waals surface area contributed by atoms with E-state index < -0.39 is 0 Å². The lowest BCUT2D eigenvalue weighted by Crippen LogP contribution is -2.31. The molecule has 1 heterocycles. The van der Waals surface area contributed by atoms with Gasteiger partial charge in [-0.15, -0.1) is 0 Å². The molecule has 1 aromatic rings. The smallest absolute Gasteiger partial charge is 0.0518 e. The summed E-state index contributed by atoms with van der Waals surface area (Å²) in [4.78, 5) is 0. The van der Waals surface area contributed by atoms with Crippen LogP contribution in [0.2, 0.25) is 0 Å². The largest absolute Gasteiger partial charge is 0.319 e. The number of hydrogen-bond donors (Lipinski definition) is 3. The van der Waals surface area contributed by atoms with Gasteiger partial charge in [-0.1, -0.05) is 29.8 Å². The molecule has 1 saturated heterocycles. The number of rotatable bonds is 3. The van der Waals surface area contributed by atoms with Crippen molar-refractivity contribution in [3.8, 4) is 0 Å². The molecule has 0 amide bonds. The highest BCUT2D eigenvalue weighted by molar-refractivity contribution is 5.26. The van der Waals surface area contributed by atoms with Crippen LogP contribution in [0, 0.1) is 12.8 Å². The zero-order valence-electron chi connectivity index (χ0n) is 10.2. The summed E-state index contributed by atoms with van der Waals surface area (Å²) < 4.78 is 0. The number of nitrogens with one attached hydrogen (secondary N) is 3. The van der Waals surface area contributed by atoms with Crippen molar-refractivity contribution in [1.29, 1.82) is 0 Å². The highest BCUT2D eigenvalue weighted by Gasteiger charge is 2.33. The Bertz CT molecular complexity index is 351. The maximum absolute atomic E-state index is 3.39. The van der Waals surface area contributed by atoms with E-state index in [2.05, 4.69) is 54.3 Å². The molecule has 3 N–H and O–H groups in total. The normalized spacial score (nSPS) is 29.6. The number of aryl methyl sites for hydroxylation is 1. The minimum Gasteiger partial charge on any atom is -0.319 e. The van der Waals surface area contributed by atoms with Crippen molar-refractivity contribution in [3.63, 3.8) is 0 Å². The molecule has 0 aliphatic carbocycles. The van der Waals surface area contributed by atoms with Crippen LogP contribution in [-0.4, -0.2) is 19.6 Å². The maximum atomic E-state index is 3.39. The van der Waals surface area contributed by atoms with Gasteiger partial charge >= 0.3 is 0 Å². The summed E-state index contributed by atoms with van der Waals surface area (Å²) in [7, 11) is 2.01. The van der Waals surface area contributed by atoms with E-state index in [1.54, 1.807) is 0 Å². The van der Waals surface area contributed by atoms with Crippen molar-refractivity contribution in [2.24, 2.45) is 5.92 Å². The van der Waals surface area contributed by atoms with Crippen LogP contribution in [0.25, 0.3) is 0 Å². The van der Waals surface area contributed by atoms with Crippen molar-refractivity contribution in [2.75, 3.05) is 13.6 Å². The lowest BCUT2D eigenvalue weighted by molar-refractivity contribution is 0.417. The van der Waals surface area contributed by atoms with Crippen molar-refractivity contribution >= 4 is 0 Å². The first kappa shape index (κ1) is 11.6. The van der Waals surface area contributed by atoms with Gasteiger partial charge in [-0.2, -0.15) is 0 Å². The van der Waals surface area contributed by atoms with Gasteiger partial charge in [0.05, 0.1) is 6.04 Å². The third-order valence-corrected chi connectivity index (χ3v) is 3.38. The van der Waals surface area contributed by atoms with Crippen molar-refractivity contribution < 1.29 is 0 Å². The van der Waals surface area contributed by atoms with Crippen LogP contribution in [0.4, 0.5) is 0 Å². The van der Waals surface area contributed by atoms with E-state index in [1.807, 2.05) is 7.05 Å². The van der Waals surface area contributed by atoms with Crippen LogP contribution in [0.15, 0.2) is 24.3 Å². The minimum absolute atomic E-state index is 0.405. The fraction of sp³-hybridized carbons (Fsp3) is 0.538. The zero-order chi connectivity index (χ0) is 11.5. The molecule has 1 aliphatic rings. The molecule has 0 saturated carbocycles. The molecule has 0 bridgehead atoms. The Labute approximate surface area is 97.6 Å². The Hall–Kier alpha value is -0.900. The Balaban J connectivity index is 2.19. The Kier molecular flexibility index (Phi) is 3.59. The quantitative estimate of drug-likeness (QED) is 0.718. The molecule has 0 spiro atoms. The van der Waals surface area contributed by atoms with Gasteiger partial charge in [0.25, 0.3) is 0 Å². The van der Waals surface area contributed by atoms with Gasteiger partial charge in [0, 0.05) is 18.5 Å². The van der Waals surface area contributed by atoms with E-state index >= 15 is 0 Å². The van der Waals surface area contributed by atoms with Crippen molar-refractivity contribution in [2.45, 2.75) is 25.9 Å². The number of benzene rings is 1. The molecule has 3 nitrogen and oxygen atoms in total. The zero-order valence-corrected chi connectivity index (χ0v) is 10.2. The van der Waals surface area contributed by atoms with Gasteiger partial charge in [-0.05, 0) is 26.5 Å². The Morgan fingerprint density at radius 2 is 2.12 bits per heavy atom. The van der Waals surface area contributed by atoms with E-state index in [0.717, 1.165) is 6.54 Å². The molecule has 3 heteroatoms. The van der Waals surface area contributed by atoms with E-state index in [4.69, 9.17) is 0 Å². The molecular formula is C13H21N3. The predicted molar refractivity (Wildman–Crippen MR) is 67.1 cm³/mol. The van der Waals surface area contributed by atoms with Crippen LogP contribution in [-0.2, 0) is 0 Å². The number of hydrazine groups is 1. The molecule has 1 fully saturated rings. The highest BCUT2D eigenvalue weighted by Crippen LogP contribution is 2.28. The molecule has 0 radical (unpaired) electrons. The highest BCUT2D eigenvalue weighted by atomic mass is 15.4. The average molecular weight is 219 g/mol. The van der Waals surface area contributed by atoms with Gasteiger partial charge in [0.2, 0.25) is 0 Å². The fourth-order valence-corrected chi connectivity index (χ4v) is 2.45. The molecule has 2 rings (SSSR count).